The molecule has 0 aromatic carbocycles. The van der Waals surface area contributed by atoms with Gasteiger partial charge < -0.3 is 5.11 Å². The molecule has 0 spiro atoms. The number of carbonyl (C=O) groups is 1. The molecule has 0 heterocycles. The molecular weight excluding hydrogens is 249 g/mol. The van der Waals surface area contributed by atoms with Crippen LogP contribution < -0.4 is 0 Å². The molecule has 0 aliphatic heterocycles. The molecule has 0 aromatic rings. The Labute approximate surface area is 125 Å². The van der Waals surface area contributed by atoms with E-state index in [2.05, 4.69) is 0 Å². The van der Waals surface area contributed by atoms with Crippen molar-refractivity contribution in [1.82, 2.24) is 0 Å². The molecule has 1 aliphatic rings. The van der Waals surface area contributed by atoms with Gasteiger partial charge in [-0.1, -0.05) is 89.9 Å². The highest BCUT2D eigenvalue weighted by Gasteiger charge is 2.11. The number of hydrogen-bond acceptors (Lipinski definition) is 1. The Morgan fingerprint density at radius 3 is 1.80 bits per heavy atom. The first-order valence-electron chi connectivity index (χ1n) is 9.01. The third-order valence-corrected chi connectivity index (χ3v) is 4.73. The molecule has 2 nitrogen and oxygen atoms in total. The van der Waals surface area contributed by atoms with Gasteiger partial charge in [0, 0.05) is 6.42 Å². The van der Waals surface area contributed by atoms with E-state index in [0.29, 0.717) is 6.42 Å². The van der Waals surface area contributed by atoms with E-state index >= 15 is 0 Å². The van der Waals surface area contributed by atoms with Crippen molar-refractivity contribution >= 4 is 5.97 Å². The number of carboxylic acid groups (broad SMARTS) is 1. The minimum atomic E-state index is -0.650. The molecule has 20 heavy (non-hydrogen) atoms. The number of aliphatic carboxylic acids is 1. The summed E-state index contributed by atoms with van der Waals surface area (Å²) < 4.78 is 0. The van der Waals surface area contributed by atoms with Gasteiger partial charge in [0.2, 0.25) is 0 Å². The standard InChI is InChI=1S/C18H34O2/c19-18(20)16-12-6-4-2-1-3-5-9-13-17-14-10-7-8-11-15-17/h17H,1-16H2,(H,19,20)/i13+1. The highest BCUT2D eigenvalue weighted by atomic mass is 16.4. The topological polar surface area (TPSA) is 37.3 Å². The number of rotatable bonds is 11. The van der Waals surface area contributed by atoms with Crippen molar-refractivity contribution in [2.75, 3.05) is 0 Å². The van der Waals surface area contributed by atoms with E-state index in [4.69, 9.17) is 5.11 Å². The van der Waals surface area contributed by atoms with Crippen molar-refractivity contribution < 1.29 is 9.90 Å². The first-order valence-corrected chi connectivity index (χ1v) is 9.01. The van der Waals surface area contributed by atoms with Gasteiger partial charge >= 0.3 is 5.97 Å². The van der Waals surface area contributed by atoms with Gasteiger partial charge in [-0.15, -0.1) is 0 Å². The number of hydrogen-bond donors (Lipinski definition) is 1. The summed E-state index contributed by atoms with van der Waals surface area (Å²) in [5.74, 6) is 0.386. The lowest BCUT2D eigenvalue weighted by atomic mass is 10.0. The molecule has 0 radical (unpaired) electrons. The van der Waals surface area contributed by atoms with Crippen LogP contribution in [0.3, 0.4) is 0 Å². The van der Waals surface area contributed by atoms with Crippen LogP contribution in [-0.4, -0.2) is 11.1 Å². The zero-order valence-corrected chi connectivity index (χ0v) is 13.2. The van der Waals surface area contributed by atoms with Crippen LogP contribution in [0.15, 0.2) is 0 Å². The Morgan fingerprint density at radius 1 is 0.750 bits per heavy atom. The van der Waals surface area contributed by atoms with Crippen LogP contribution in [0.5, 0.6) is 0 Å². The van der Waals surface area contributed by atoms with Gasteiger partial charge in [0.05, 0.1) is 0 Å². The molecule has 0 aromatic heterocycles. The quantitative estimate of drug-likeness (QED) is 0.289. The van der Waals surface area contributed by atoms with Gasteiger partial charge in [-0.3, -0.25) is 4.79 Å². The van der Waals surface area contributed by atoms with Crippen LogP contribution in [-0.2, 0) is 4.79 Å². The number of carboxylic acids is 1. The predicted octanol–water partition coefficient (Wildman–Crippen LogP) is 5.94. The lowest BCUT2D eigenvalue weighted by Gasteiger charge is -2.13. The van der Waals surface area contributed by atoms with E-state index in [1.165, 1.54) is 83.5 Å². The van der Waals surface area contributed by atoms with E-state index in [9.17, 15) is 4.79 Å². The van der Waals surface area contributed by atoms with Crippen molar-refractivity contribution in [3.63, 3.8) is 0 Å². The second-order valence-corrected chi connectivity index (χ2v) is 6.62. The summed E-state index contributed by atoms with van der Waals surface area (Å²) >= 11 is 0. The maximum Gasteiger partial charge on any atom is 0.303 e. The monoisotopic (exact) mass is 283 g/mol. The third-order valence-electron chi connectivity index (χ3n) is 4.73. The molecular formula is C18H34O2. The molecule has 0 atom stereocenters. The molecule has 0 unspecified atom stereocenters. The van der Waals surface area contributed by atoms with E-state index in [1.807, 2.05) is 0 Å². The number of unbranched alkanes of at least 4 members (excludes halogenated alkanes) is 7. The largest absolute Gasteiger partial charge is 0.481 e. The zero-order valence-electron chi connectivity index (χ0n) is 13.2. The summed E-state index contributed by atoms with van der Waals surface area (Å²) in [5, 5.41) is 8.54. The molecule has 1 N–H and O–H groups in total. The molecule has 0 saturated heterocycles. The van der Waals surface area contributed by atoms with Crippen molar-refractivity contribution in [2.24, 2.45) is 5.92 Å². The normalized spacial score (nSPS) is 17.0. The fourth-order valence-corrected chi connectivity index (χ4v) is 3.42. The summed E-state index contributed by atoms with van der Waals surface area (Å²) in [5.41, 5.74) is 0. The van der Waals surface area contributed by atoms with Crippen LogP contribution in [0.2, 0.25) is 0 Å². The van der Waals surface area contributed by atoms with E-state index < -0.39 is 5.97 Å². The average molecular weight is 283 g/mol. The smallest absolute Gasteiger partial charge is 0.303 e. The Morgan fingerprint density at radius 2 is 1.25 bits per heavy atom. The SMILES string of the molecule is O=C(O)CCCCCCCCC[13CH2]C1CCCCCC1. The van der Waals surface area contributed by atoms with E-state index in [1.54, 1.807) is 0 Å². The molecule has 0 amide bonds. The average Bonchev–Trinajstić information content (AvgIpc) is 2.69. The van der Waals surface area contributed by atoms with Gasteiger partial charge in [0.1, 0.15) is 0 Å². The van der Waals surface area contributed by atoms with Crippen LogP contribution in [0.25, 0.3) is 0 Å². The Bertz CT molecular complexity index is 230. The maximum absolute atomic E-state index is 10.4. The summed E-state index contributed by atoms with van der Waals surface area (Å²) in [6.07, 6.45) is 20.7. The molecule has 1 fully saturated rings. The van der Waals surface area contributed by atoms with E-state index in [-0.39, 0.29) is 0 Å². The summed E-state index contributed by atoms with van der Waals surface area (Å²) in [4.78, 5) is 10.4. The maximum atomic E-state index is 10.4. The summed E-state index contributed by atoms with van der Waals surface area (Å²) in [6, 6.07) is 0. The lowest BCUT2D eigenvalue weighted by molar-refractivity contribution is -0.137. The second-order valence-electron chi connectivity index (χ2n) is 6.62. The van der Waals surface area contributed by atoms with Crippen LogP contribution in [0, 0.1) is 5.92 Å². The molecule has 2 heteroatoms. The second kappa shape index (κ2) is 12.2. The van der Waals surface area contributed by atoms with Gasteiger partial charge in [-0.25, -0.2) is 0 Å². The zero-order chi connectivity index (χ0) is 14.5. The first-order chi connectivity index (χ1) is 9.79. The van der Waals surface area contributed by atoms with E-state index in [0.717, 1.165) is 18.8 Å². The minimum absolute atomic E-state index is 0.349. The highest BCUT2D eigenvalue weighted by Crippen LogP contribution is 2.27. The van der Waals surface area contributed by atoms with Crippen molar-refractivity contribution in [2.45, 2.75) is 103 Å². The molecule has 0 bridgehead atoms. The predicted molar refractivity (Wildman–Crippen MR) is 85.0 cm³/mol. The Kier molecular flexibility index (Phi) is 10.7. The van der Waals surface area contributed by atoms with Crippen molar-refractivity contribution in [3.05, 3.63) is 0 Å². The third kappa shape index (κ3) is 10.3. The summed E-state index contributed by atoms with van der Waals surface area (Å²) in [7, 11) is 0. The summed E-state index contributed by atoms with van der Waals surface area (Å²) in [6.45, 7) is 0. The molecule has 1 saturated carbocycles. The van der Waals surface area contributed by atoms with Gasteiger partial charge in [0.15, 0.2) is 0 Å². The van der Waals surface area contributed by atoms with Gasteiger partial charge in [-0.2, -0.15) is 0 Å². The Hall–Kier alpha value is -0.530. The van der Waals surface area contributed by atoms with Crippen LogP contribution in [0.4, 0.5) is 0 Å². The fraction of sp³-hybridized carbons (Fsp3) is 0.944. The van der Waals surface area contributed by atoms with Gasteiger partial charge in [0.25, 0.3) is 0 Å². The van der Waals surface area contributed by atoms with Crippen molar-refractivity contribution in [1.29, 1.82) is 0 Å². The lowest BCUT2D eigenvalue weighted by Crippen LogP contribution is -1.98. The Balaban J connectivity index is 1.79. The van der Waals surface area contributed by atoms with Crippen molar-refractivity contribution in [3.8, 4) is 0 Å². The fourth-order valence-electron chi connectivity index (χ4n) is 3.42. The van der Waals surface area contributed by atoms with Gasteiger partial charge in [-0.05, 0) is 12.3 Å². The van der Waals surface area contributed by atoms with Crippen LogP contribution >= 0.6 is 0 Å². The molecule has 1 rings (SSSR count). The highest BCUT2D eigenvalue weighted by molar-refractivity contribution is 5.66. The minimum Gasteiger partial charge on any atom is -0.481 e. The first kappa shape index (κ1) is 17.5. The molecule has 1 aliphatic carbocycles. The van der Waals surface area contributed by atoms with Crippen LogP contribution in [0.1, 0.15) is 103 Å². The molecule has 118 valence electrons.